The number of rotatable bonds is 3. The molecule has 0 spiro atoms. The predicted molar refractivity (Wildman–Crippen MR) is 96.9 cm³/mol. The van der Waals surface area contributed by atoms with Crippen LogP contribution in [0.5, 0.6) is 5.75 Å². The second-order valence-electron chi connectivity index (χ2n) is 6.40. The Bertz CT molecular complexity index is 1140. The molecule has 1 aromatic carbocycles. The quantitative estimate of drug-likeness (QED) is 0.684. The van der Waals surface area contributed by atoms with E-state index in [2.05, 4.69) is 15.1 Å². The summed E-state index contributed by atoms with van der Waals surface area (Å²) in [6.45, 7) is 1.63. The maximum absolute atomic E-state index is 14.3. The van der Waals surface area contributed by atoms with Gasteiger partial charge in [0.2, 0.25) is 10.0 Å². The Balaban J connectivity index is 1.60. The van der Waals surface area contributed by atoms with Crippen molar-refractivity contribution in [2.24, 2.45) is 0 Å². The molecule has 0 radical (unpaired) electrons. The van der Waals surface area contributed by atoms with Crippen LogP contribution in [-0.4, -0.2) is 70.0 Å². The van der Waals surface area contributed by atoms with Gasteiger partial charge in [0.25, 0.3) is 0 Å². The van der Waals surface area contributed by atoms with Crippen molar-refractivity contribution in [1.82, 2.24) is 24.1 Å². The van der Waals surface area contributed by atoms with Crippen LogP contribution in [0.4, 0.5) is 14.6 Å². The summed E-state index contributed by atoms with van der Waals surface area (Å²) >= 11 is 0. The average Bonchev–Trinajstić information content (AvgIpc) is 3.09. The van der Waals surface area contributed by atoms with Gasteiger partial charge in [0, 0.05) is 31.6 Å². The van der Waals surface area contributed by atoms with Crippen LogP contribution in [0.2, 0.25) is 0 Å². The molecule has 3 aromatic rings. The van der Waals surface area contributed by atoms with Crippen LogP contribution in [0.15, 0.2) is 24.7 Å². The number of aromatic nitrogens is 4. The number of fused-ring (bicyclic) bond motifs is 1. The molecule has 0 amide bonds. The molecule has 1 aliphatic heterocycles. The lowest BCUT2D eigenvalue weighted by Crippen LogP contribution is -2.48. The highest BCUT2D eigenvalue weighted by Gasteiger charge is 2.24. The largest absolute Gasteiger partial charge is 0.503 e. The molecule has 3 heterocycles. The van der Waals surface area contributed by atoms with E-state index in [-0.39, 0.29) is 16.7 Å². The van der Waals surface area contributed by atoms with Gasteiger partial charge < -0.3 is 10.0 Å². The number of phenols is 1. The number of nitrogens with zero attached hydrogens (tertiary/aromatic N) is 6. The average molecular weight is 410 g/mol. The molecule has 1 N–H and O–H groups in total. The number of benzene rings is 1. The van der Waals surface area contributed by atoms with Crippen molar-refractivity contribution in [2.45, 2.75) is 0 Å². The van der Waals surface area contributed by atoms with Crippen LogP contribution in [0.25, 0.3) is 16.7 Å². The zero-order valence-electron chi connectivity index (χ0n) is 14.7. The molecule has 1 aliphatic rings. The van der Waals surface area contributed by atoms with Gasteiger partial charge in [-0.15, -0.1) is 0 Å². The molecule has 1 fully saturated rings. The van der Waals surface area contributed by atoms with Gasteiger partial charge in [0.15, 0.2) is 23.2 Å². The molecular weight excluding hydrogens is 394 g/mol. The summed E-state index contributed by atoms with van der Waals surface area (Å²) < 4.78 is 53.5. The highest BCUT2D eigenvalue weighted by Crippen LogP contribution is 2.29. The summed E-state index contributed by atoms with van der Waals surface area (Å²) in [6, 6.07) is 0.986. The Labute approximate surface area is 158 Å². The Morgan fingerprint density at radius 1 is 1.04 bits per heavy atom. The molecule has 0 bridgehead atoms. The van der Waals surface area contributed by atoms with Crippen LogP contribution < -0.4 is 4.90 Å². The van der Waals surface area contributed by atoms with Gasteiger partial charge in [-0.3, -0.25) is 0 Å². The maximum Gasteiger partial charge on any atom is 0.211 e. The first-order valence-electron chi connectivity index (χ1n) is 8.33. The number of aromatic hydroxyl groups is 1. The monoisotopic (exact) mass is 410 g/mol. The van der Waals surface area contributed by atoms with Gasteiger partial charge in [-0.05, 0) is 6.07 Å². The van der Waals surface area contributed by atoms with Crippen LogP contribution in [0.1, 0.15) is 0 Å². The van der Waals surface area contributed by atoms with Crippen LogP contribution in [0.3, 0.4) is 0 Å². The molecule has 28 heavy (non-hydrogen) atoms. The summed E-state index contributed by atoms with van der Waals surface area (Å²) in [5.41, 5.74) is -0.109. The van der Waals surface area contributed by atoms with E-state index in [0.29, 0.717) is 32.0 Å². The first-order chi connectivity index (χ1) is 13.3. The lowest BCUT2D eigenvalue weighted by molar-refractivity contribution is 0.387. The normalized spacial score (nSPS) is 16.0. The fourth-order valence-electron chi connectivity index (χ4n) is 3.12. The number of phenolic OH excluding ortho intramolecular Hbond substituents is 1. The number of hydrogen-bond acceptors (Lipinski definition) is 7. The fraction of sp³-hybridized carbons (Fsp3) is 0.312. The van der Waals surface area contributed by atoms with Crippen molar-refractivity contribution in [1.29, 1.82) is 0 Å². The predicted octanol–water partition coefficient (Wildman–Crippen LogP) is 0.881. The molecular formula is C16H16F2N6O3S. The Morgan fingerprint density at radius 2 is 1.68 bits per heavy atom. The molecule has 12 heteroatoms. The minimum Gasteiger partial charge on any atom is -0.503 e. The van der Waals surface area contributed by atoms with Gasteiger partial charge in [-0.1, -0.05) is 0 Å². The van der Waals surface area contributed by atoms with Crippen molar-refractivity contribution in [3.63, 3.8) is 0 Å². The van der Waals surface area contributed by atoms with Gasteiger partial charge in [0.1, 0.15) is 11.3 Å². The molecule has 2 aromatic heterocycles. The molecule has 9 nitrogen and oxygen atoms in total. The number of anilines is 1. The molecule has 0 aliphatic carbocycles. The molecule has 4 rings (SSSR count). The SMILES string of the molecule is CS(=O)(=O)N1CCN(c2cnc(-n3ncc4cc(F)c(O)c(F)c43)cn2)CC1. The highest BCUT2D eigenvalue weighted by atomic mass is 32.2. The van der Waals surface area contributed by atoms with E-state index in [1.54, 1.807) is 0 Å². The smallest absolute Gasteiger partial charge is 0.211 e. The van der Waals surface area contributed by atoms with E-state index < -0.39 is 27.4 Å². The van der Waals surface area contributed by atoms with E-state index in [4.69, 9.17) is 0 Å². The Hall–Kier alpha value is -2.86. The third-order valence-corrected chi connectivity index (χ3v) is 5.90. The summed E-state index contributed by atoms with van der Waals surface area (Å²) in [5.74, 6) is -2.54. The number of halogens is 2. The first kappa shape index (κ1) is 18.5. The van der Waals surface area contributed by atoms with E-state index in [0.717, 1.165) is 10.7 Å². The van der Waals surface area contributed by atoms with Crippen LogP contribution in [-0.2, 0) is 10.0 Å². The van der Waals surface area contributed by atoms with E-state index in [1.807, 2.05) is 4.90 Å². The molecule has 0 saturated carbocycles. The lowest BCUT2D eigenvalue weighted by atomic mass is 10.2. The standard InChI is InChI=1S/C16H16F2N6O3S/c1-28(26,27)23-4-2-22(3-5-23)12-8-20-13(9-19-12)24-15-10(7-21-24)6-11(17)16(25)14(15)18/h6-9,25H,2-5H2,1H3. The van der Waals surface area contributed by atoms with Gasteiger partial charge >= 0.3 is 0 Å². The van der Waals surface area contributed by atoms with Gasteiger partial charge in [-0.25, -0.2) is 31.8 Å². The number of hydrogen-bond donors (Lipinski definition) is 1. The topological polar surface area (TPSA) is 104 Å². The third kappa shape index (κ3) is 3.14. The highest BCUT2D eigenvalue weighted by molar-refractivity contribution is 7.88. The van der Waals surface area contributed by atoms with Crippen molar-refractivity contribution >= 4 is 26.7 Å². The van der Waals surface area contributed by atoms with Crippen molar-refractivity contribution in [3.05, 3.63) is 36.3 Å². The minimum absolute atomic E-state index is 0.109. The van der Waals surface area contributed by atoms with E-state index >= 15 is 0 Å². The van der Waals surface area contributed by atoms with E-state index in [1.165, 1.54) is 29.2 Å². The summed E-state index contributed by atoms with van der Waals surface area (Å²) in [5, 5.41) is 13.7. The van der Waals surface area contributed by atoms with E-state index in [9.17, 15) is 22.3 Å². The summed E-state index contributed by atoms with van der Waals surface area (Å²) in [7, 11) is -3.22. The molecule has 0 atom stereocenters. The first-order valence-corrected chi connectivity index (χ1v) is 10.2. The van der Waals surface area contributed by atoms with Crippen molar-refractivity contribution < 1.29 is 22.3 Å². The molecule has 1 saturated heterocycles. The van der Waals surface area contributed by atoms with Crippen molar-refractivity contribution in [3.8, 4) is 11.6 Å². The second kappa shape index (κ2) is 6.63. The van der Waals surface area contributed by atoms with Crippen molar-refractivity contribution in [2.75, 3.05) is 37.3 Å². The number of piperazine rings is 1. The summed E-state index contributed by atoms with van der Waals surface area (Å²) in [6.07, 6.45) is 5.29. The Kier molecular flexibility index (Phi) is 4.38. The Morgan fingerprint density at radius 3 is 2.29 bits per heavy atom. The van der Waals surface area contributed by atoms with Crippen LogP contribution in [0, 0.1) is 11.6 Å². The fourth-order valence-corrected chi connectivity index (χ4v) is 3.94. The number of sulfonamides is 1. The minimum atomic E-state index is -3.22. The molecule has 148 valence electrons. The van der Waals surface area contributed by atoms with Gasteiger partial charge in [-0.2, -0.15) is 9.40 Å². The lowest BCUT2D eigenvalue weighted by Gasteiger charge is -2.33. The zero-order chi connectivity index (χ0) is 20.1. The maximum atomic E-state index is 14.3. The third-order valence-electron chi connectivity index (χ3n) is 4.60. The molecule has 0 unspecified atom stereocenters. The summed E-state index contributed by atoms with van der Waals surface area (Å²) in [4.78, 5) is 10.4. The zero-order valence-corrected chi connectivity index (χ0v) is 15.6. The van der Waals surface area contributed by atoms with Crippen LogP contribution >= 0.6 is 0 Å². The second-order valence-corrected chi connectivity index (χ2v) is 8.38. The van der Waals surface area contributed by atoms with Gasteiger partial charge in [0.05, 0.1) is 24.8 Å².